The summed E-state index contributed by atoms with van der Waals surface area (Å²) in [5.41, 5.74) is 4.60. The maximum absolute atomic E-state index is 5.83. The van der Waals surface area contributed by atoms with Crippen LogP contribution in [0, 0.1) is 0 Å². The Bertz CT molecular complexity index is 678. The maximum atomic E-state index is 5.83. The third kappa shape index (κ3) is 3.67. The SMILES string of the molecule is CCCc1ccc(-c2nnc(-c3ccc(CCC)cc3)o2)cc1. The molecule has 3 aromatic rings. The molecule has 3 rings (SSSR count). The average molecular weight is 306 g/mol. The Labute approximate surface area is 137 Å². The average Bonchev–Trinajstić information content (AvgIpc) is 3.07. The first-order chi connectivity index (χ1) is 11.3. The van der Waals surface area contributed by atoms with Gasteiger partial charge in [-0.2, -0.15) is 0 Å². The van der Waals surface area contributed by atoms with Crippen molar-refractivity contribution in [3.05, 3.63) is 59.7 Å². The minimum atomic E-state index is 0.570. The van der Waals surface area contributed by atoms with E-state index in [1.54, 1.807) is 0 Å². The lowest BCUT2D eigenvalue weighted by Gasteiger charge is -2.00. The van der Waals surface area contributed by atoms with Crippen molar-refractivity contribution in [1.82, 2.24) is 10.2 Å². The van der Waals surface area contributed by atoms with Crippen molar-refractivity contribution in [3.8, 4) is 22.9 Å². The van der Waals surface area contributed by atoms with Crippen molar-refractivity contribution in [2.75, 3.05) is 0 Å². The van der Waals surface area contributed by atoms with E-state index in [0.717, 1.165) is 36.8 Å². The van der Waals surface area contributed by atoms with Crippen molar-refractivity contribution >= 4 is 0 Å². The fourth-order valence-corrected chi connectivity index (χ4v) is 2.66. The van der Waals surface area contributed by atoms with Gasteiger partial charge in [0.1, 0.15) is 0 Å². The first-order valence-corrected chi connectivity index (χ1v) is 8.32. The molecule has 2 aromatic carbocycles. The topological polar surface area (TPSA) is 38.9 Å². The van der Waals surface area contributed by atoms with Gasteiger partial charge in [0, 0.05) is 11.1 Å². The Hall–Kier alpha value is -2.42. The van der Waals surface area contributed by atoms with E-state index in [9.17, 15) is 0 Å². The number of hydrogen-bond donors (Lipinski definition) is 0. The highest BCUT2D eigenvalue weighted by Crippen LogP contribution is 2.24. The van der Waals surface area contributed by atoms with Crippen molar-refractivity contribution < 1.29 is 4.42 Å². The van der Waals surface area contributed by atoms with Gasteiger partial charge in [0.2, 0.25) is 11.8 Å². The normalized spacial score (nSPS) is 10.9. The van der Waals surface area contributed by atoms with E-state index < -0.39 is 0 Å². The molecule has 0 aliphatic heterocycles. The zero-order valence-electron chi connectivity index (χ0n) is 13.7. The van der Waals surface area contributed by atoms with Gasteiger partial charge >= 0.3 is 0 Å². The second-order valence-corrected chi connectivity index (χ2v) is 5.81. The Balaban J connectivity index is 1.79. The summed E-state index contributed by atoms with van der Waals surface area (Å²) >= 11 is 0. The Morgan fingerprint density at radius 1 is 0.652 bits per heavy atom. The van der Waals surface area contributed by atoms with E-state index >= 15 is 0 Å². The van der Waals surface area contributed by atoms with E-state index in [1.807, 2.05) is 24.3 Å². The molecule has 0 aliphatic rings. The standard InChI is InChI=1S/C20H22N2O/c1-3-5-15-7-11-17(12-8-15)19-21-22-20(23-19)18-13-9-16(6-4-2)10-14-18/h7-14H,3-6H2,1-2H3. The molecule has 1 aromatic heterocycles. The molecule has 23 heavy (non-hydrogen) atoms. The molecule has 3 nitrogen and oxygen atoms in total. The van der Waals surface area contributed by atoms with Crippen LogP contribution < -0.4 is 0 Å². The van der Waals surface area contributed by atoms with Crippen LogP contribution in [0.15, 0.2) is 52.9 Å². The van der Waals surface area contributed by atoms with Gasteiger partial charge in [-0.3, -0.25) is 0 Å². The Morgan fingerprint density at radius 3 is 1.39 bits per heavy atom. The first kappa shape index (κ1) is 15.5. The molecule has 0 aliphatic carbocycles. The summed E-state index contributed by atoms with van der Waals surface area (Å²) < 4.78 is 5.83. The van der Waals surface area contributed by atoms with Gasteiger partial charge < -0.3 is 4.42 Å². The summed E-state index contributed by atoms with van der Waals surface area (Å²) in [4.78, 5) is 0. The predicted molar refractivity (Wildman–Crippen MR) is 93.2 cm³/mol. The molecular formula is C20H22N2O. The highest BCUT2D eigenvalue weighted by molar-refractivity contribution is 5.58. The molecule has 0 atom stereocenters. The van der Waals surface area contributed by atoms with Crippen LogP contribution in [0.2, 0.25) is 0 Å². The molecule has 0 unspecified atom stereocenters. The lowest BCUT2D eigenvalue weighted by atomic mass is 10.1. The van der Waals surface area contributed by atoms with Crippen LogP contribution in [0.4, 0.5) is 0 Å². The second-order valence-electron chi connectivity index (χ2n) is 5.81. The van der Waals surface area contributed by atoms with Gasteiger partial charge in [0.15, 0.2) is 0 Å². The zero-order valence-corrected chi connectivity index (χ0v) is 13.7. The largest absolute Gasteiger partial charge is 0.416 e. The van der Waals surface area contributed by atoms with Gasteiger partial charge in [-0.25, -0.2) is 0 Å². The molecule has 118 valence electrons. The van der Waals surface area contributed by atoms with Crippen molar-refractivity contribution in [1.29, 1.82) is 0 Å². The Morgan fingerprint density at radius 2 is 1.04 bits per heavy atom. The summed E-state index contributed by atoms with van der Waals surface area (Å²) in [6, 6.07) is 16.7. The van der Waals surface area contributed by atoms with Crippen LogP contribution in [0.5, 0.6) is 0 Å². The van der Waals surface area contributed by atoms with E-state index in [-0.39, 0.29) is 0 Å². The minimum absolute atomic E-state index is 0.570. The maximum Gasteiger partial charge on any atom is 0.248 e. The summed E-state index contributed by atoms with van der Waals surface area (Å²) in [6.07, 6.45) is 4.50. The third-order valence-electron chi connectivity index (χ3n) is 3.90. The van der Waals surface area contributed by atoms with Crippen LogP contribution in [0.3, 0.4) is 0 Å². The summed E-state index contributed by atoms with van der Waals surface area (Å²) in [5, 5.41) is 8.36. The molecule has 0 radical (unpaired) electrons. The Kier molecular flexibility index (Phi) is 4.86. The molecule has 0 bridgehead atoms. The van der Waals surface area contributed by atoms with Crippen LogP contribution in [0.1, 0.15) is 37.8 Å². The fourth-order valence-electron chi connectivity index (χ4n) is 2.66. The highest BCUT2D eigenvalue weighted by atomic mass is 16.4. The summed E-state index contributed by atoms with van der Waals surface area (Å²) in [6.45, 7) is 4.37. The second kappa shape index (κ2) is 7.23. The van der Waals surface area contributed by atoms with E-state index in [2.05, 4.69) is 48.3 Å². The number of rotatable bonds is 6. The predicted octanol–water partition coefficient (Wildman–Crippen LogP) is 5.31. The quantitative estimate of drug-likeness (QED) is 0.619. The number of benzene rings is 2. The first-order valence-electron chi connectivity index (χ1n) is 8.32. The molecule has 3 heteroatoms. The highest BCUT2D eigenvalue weighted by Gasteiger charge is 2.10. The van der Waals surface area contributed by atoms with E-state index in [1.165, 1.54) is 11.1 Å². The van der Waals surface area contributed by atoms with Gasteiger partial charge in [0.05, 0.1) is 0 Å². The monoisotopic (exact) mass is 306 g/mol. The van der Waals surface area contributed by atoms with E-state index in [0.29, 0.717) is 11.8 Å². The lowest BCUT2D eigenvalue weighted by molar-refractivity contribution is 0.584. The molecule has 0 saturated carbocycles. The molecule has 0 saturated heterocycles. The molecule has 0 N–H and O–H groups in total. The third-order valence-corrected chi connectivity index (χ3v) is 3.90. The van der Waals surface area contributed by atoms with Gasteiger partial charge in [0.25, 0.3) is 0 Å². The van der Waals surface area contributed by atoms with E-state index in [4.69, 9.17) is 4.42 Å². The summed E-state index contributed by atoms with van der Waals surface area (Å²) in [7, 11) is 0. The van der Waals surface area contributed by atoms with Crippen molar-refractivity contribution in [2.45, 2.75) is 39.5 Å². The molecule has 0 fully saturated rings. The van der Waals surface area contributed by atoms with Crippen LogP contribution in [-0.4, -0.2) is 10.2 Å². The number of aryl methyl sites for hydroxylation is 2. The minimum Gasteiger partial charge on any atom is -0.416 e. The number of hydrogen-bond acceptors (Lipinski definition) is 3. The number of nitrogens with zero attached hydrogens (tertiary/aromatic N) is 2. The van der Waals surface area contributed by atoms with Crippen molar-refractivity contribution in [2.24, 2.45) is 0 Å². The van der Waals surface area contributed by atoms with Crippen LogP contribution >= 0.6 is 0 Å². The molecule has 1 heterocycles. The fraction of sp³-hybridized carbons (Fsp3) is 0.300. The molecular weight excluding hydrogens is 284 g/mol. The zero-order chi connectivity index (χ0) is 16.1. The molecule has 0 amide bonds. The number of aromatic nitrogens is 2. The lowest BCUT2D eigenvalue weighted by Crippen LogP contribution is -1.83. The smallest absolute Gasteiger partial charge is 0.248 e. The van der Waals surface area contributed by atoms with Crippen molar-refractivity contribution in [3.63, 3.8) is 0 Å². The summed E-state index contributed by atoms with van der Waals surface area (Å²) in [5.74, 6) is 1.14. The van der Waals surface area contributed by atoms with Gasteiger partial charge in [-0.1, -0.05) is 51.0 Å². The van der Waals surface area contributed by atoms with Gasteiger partial charge in [-0.05, 0) is 48.2 Å². The van der Waals surface area contributed by atoms with Crippen LogP contribution in [0.25, 0.3) is 22.9 Å². The van der Waals surface area contributed by atoms with Crippen LogP contribution in [-0.2, 0) is 12.8 Å². The van der Waals surface area contributed by atoms with Gasteiger partial charge in [-0.15, -0.1) is 10.2 Å². The molecule has 0 spiro atoms.